The highest BCUT2D eigenvalue weighted by Gasteiger charge is 2.20. The maximum atomic E-state index is 12.8. The van der Waals surface area contributed by atoms with Gasteiger partial charge in [-0.25, -0.2) is 9.97 Å². The molecule has 0 bridgehead atoms. The van der Waals surface area contributed by atoms with Gasteiger partial charge in [0.05, 0.1) is 16.0 Å². The first-order chi connectivity index (χ1) is 19.7. The topological polar surface area (TPSA) is 135 Å². The number of hydrogen-bond donors (Lipinski definition) is 3. The summed E-state index contributed by atoms with van der Waals surface area (Å²) in [4.78, 5) is 35.4. The maximum absolute atomic E-state index is 12.8. The Kier molecular flexibility index (Phi) is 7.64. The van der Waals surface area contributed by atoms with Crippen LogP contribution in [0.5, 0.6) is 11.6 Å². The van der Waals surface area contributed by atoms with Gasteiger partial charge in [0.2, 0.25) is 11.8 Å². The van der Waals surface area contributed by atoms with E-state index in [2.05, 4.69) is 46.4 Å². The van der Waals surface area contributed by atoms with Gasteiger partial charge < -0.3 is 20.4 Å². The molecule has 3 N–H and O–H groups in total. The number of H-pyrrole nitrogens is 1. The number of aromatic nitrogens is 3. The average molecular weight is 551 g/mol. The second-order valence-electron chi connectivity index (χ2n) is 10.6. The lowest BCUT2D eigenvalue weighted by Crippen LogP contribution is -2.25. The third kappa shape index (κ3) is 6.50. The molecule has 10 nitrogen and oxygen atoms in total. The van der Waals surface area contributed by atoms with Gasteiger partial charge in [-0.1, -0.05) is 51.1 Å². The van der Waals surface area contributed by atoms with Crippen molar-refractivity contribution in [2.45, 2.75) is 32.6 Å². The number of ether oxygens (including phenoxy) is 1. The smallest absolute Gasteiger partial charge is 0.269 e. The van der Waals surface area contributed by atoms with Crippen LogP contribution in [0.1, 0.15) is 42.3 Å². The molecule has 10 heteroatoms. The third-order valence-electron chi connectivity index (χ3n) is 6.52. The number of rotatable bonds is 9. The van der Waals surface area contributed by atoms with Crippen molar-refractivity contribution in [3.63, 3.8) is 0 Å². The number of nitrogens with zero attached hydrogens (tertiary/aromatic N) is 3. The molecule has 0 saturated carbocycles. The molecule has 5 rings (SSSR count). The average Bonchev–Trinajstić information content (AvgIpc) is 3.35. The number of non-ortho nitro benzene ring substituents is 1. The summed E-state index contributed by atoms with van der Waals surface area (Å²) in [6.07, 6.45) is 2.23. The highest BCUT2D eigenvalue weighted by molar-refractivity contribution is 5.97. The number of pyridine rings is 1. The number of anilines is 2. The maximum Gasteiger partial charge on any atom is 0.269 e. The van der Waals surface area contributed by atoms with E-state index in [4.69, 9.17) is 4.74 Å². The van der Waals surface area contributed by atoms with Gasteiger partial charge in [0.15, 0.2) is 0 Å². The highest BCUT2D eigenvalue weighted by atomic mass is 16.6. The number of fused-ring (bicyclic) bond motifs is 1. The summed E-state index contributed by atoms with van der Waals surface area (Å²) in [6, 6.07) is 23.1. The summed E-state index contributed by atoms with van der Waals surface area (Å²) < 4.78 is 6.25. The molecule has 0 aliphatic rings. The zero-order valence-electron chi connectivity index (χ0n) is 23.0. The summed E-state index contributed by atoms with van der Waals surface area (Å²) in [7, 11) is 0. The Bertz CT molecular complexity index is 1710. The minimum atomic E-state index is -0.436. The standard InChI is InChI=1S/C31H30N6O4/c1-31(2,3)23-7-4-5-9-27(23)41-29-25(8-6-17-33-29)35-30-34-24-15-12-21(19-26(24)36-30)28(38)32-18-16-20-10-13-22(14-11-20)37(39)40/h4-15,17,19H,16,18H2,1-3H3,(H,32,38)(H2,34,35,36). The molecule has 41 heavy (non-hydrogen) atoms. The van der Waals surface area contributed by atoms with Crippen molar-refractivity contribution in [1.29, 1.82) is 0 Å². The van der Waals surface area contributed by atoms with Crippen LogP contribution < -0.4 is 15.4 Å². The van der Waals surface area contributed by atoms with E-state index in [0.29, 0.717) is 47.1 Å². The minimum absolute atomic E-state index is 0.0395. The lowest BCUT2D eigenvalue weighted by Gasteiger charge is -2.22. The predicted octanol–water partition coefficient (Wildman–Crippen LogP) is 6.67. The summed E-state index contributed by atoms with van der Waals surface area (Å²) in [6.45, 7) is 6.80. The third-order valence-corrected chi connectivity index (χ3v) is 6.52. The van der Waals surface area contributed by atoms with E-state index in [1.165, 1.54) is 12.1 Å². The highest BCUT2D eigenvalue weighted by Crippen LogP contribution is 2.36. The second-order valence-corrected chi connectivity index (χ2v) is 10.6. The number of nitrogens with one attached hydrogen (secondary N) is 3. The fraction of sp³-hybridized carbons (Fsp3) is 0.194. The summed E-state index contributed by atoms with van der Waals surface area (Å²) in [5.41, 5.74) is 4.42. The van der Waals surface area contributed by atoms with E-state index in [-0.39, 0.29) is 17.0 Å². The zero-order valence-corrected chi connectivity index (χ0v) is 23.0. The van der Waals surface area contributed by atoms with Crippen LogP contribution in [-0.2, 0) is 11.8 Å². The fourth-order valence-electron chi connectivity index (χ4n) is 4.39. The Morgan fingerprint density at radius 1 is 1.02 bits per heavy atom. The van der Waals surface area contributed by atoms with Crippen LogP contribution in [0.15, 0.2) is 85.1 Å². The van der Waals surface area contributed by atoms with Gasteiger partial charge in [-0.3, -0.25) is 14.9 Å². The molecule has 5 aromatic rings. The number of nitro benzene ring substituents is 1. The number of benzene rings is 3. The van der Waals surface area contributed by atoms with E-state index in [1.54, 1.807) is 36.5 Å². The predicted molar refractivity (Wildman–Crippen MR) is 158 cm³/mol. The lowest BCUT2D eigenvalue weighted by molar-refractivity contribution is -0.384. The number of para-hydroxylation sites is 1. The van der Waals surface area contributed by atoms with Gasteiger partial charge in [0.1, 0.15) is 11.4 Å². The Morgan fingerprint density at radius 3 is 2.56 bits per heavy atom. The van der Waals surface area contributed by atoms with Crippen LogP contribution in [0.4, 0.5) is 17.3 Å². The number of nitro groups is 1. The Labute approximate surface area is 237 Å². The van der Waals surface area contributed by atoms with Crippen molar-refractivity contribution >= 4 is 34.3 Å². The number of amides is 1. The largest absolute Gasteiger partial charge is 0.437 e. The van der Waals surface area contributed by atoms with Crippen molar-refractivity contribution in [1.82, 2.24) is 20.3 Å². The van der Waals surface area contributed by atoms with E-state index in [1.807, 2.05) is 36.4 Å². The van der Waals surface area contributed by atoms with Gasteiger partial charge in [-0.2, -0.15) is 0 Å². The van der Waals surface area contributed by atoms with Crippen LogP contribution in [0.25, 0.3) is 11.0 Å². The number of hydrogen-bond acceptors (Lipinski definition) is 7. The van der Waals surface area contributed by atoms with Crippen LogP contribution in [0, 0.1) is 10.1 Å². The van der Waals surface area contributed by atoms with E-state index >= 15 is 0 Å². The van der Waals surface area contributed by atoms with E-state index < -0.39 is 4.92 Å². The molecule has 1 amide bonds. The first-order valence-electron chi connectivity index (χ1n) is 13.2. The minimum Gasteiger partial charge on any atom is -0.437 e. The molecule has 0 unspecified atom stereocenters. The SMILES string of the molecule is CC(C)(C)c1ccccc1Oc1ncccc1Nc1nc2ccc(C(=O)NCCc3ccc([N+](=O)[O-])cc3)cc2[nH]1. The summed E-state index contributed by atoms with van der Waals surface area (Å²) >= 11 is 0. The van der Waals surface area contributed by atoms with Gasteiger partial charge in [-0.15, -0.1) is 0 Å². The van der Waals surface area contributed by atoms with Crippen molar-refractivity contribution < 1.29 is 14.5 Å². The Hall–Kier alpha value is -5.25. The molecule has 0 spiro atoms. The van der Waals surface area contributed by atoms with Crippen LogP contribution >= 0.6 is 0 Å². The van der Waals surface area contributed by atoms with E-state index in [9.17, 15) is 14.9 Å². The van der Waals surface area contributed by atoms with Crippen molar-refractivity contribution in [2.75, 3.05) is 11.9 Å². The second kappa shape index (κ2) is 11.5. The molecule has 0 atom stereocenters. The quantitative estimate of drug-likeness (QED) is 0.138. The molecule has 208 valence electrons. The molecular weight excluding hydrogens is 520 g/mol. The molecule has 0 saturated heterocycles. The number of carbonyl (C=O) groups is 1. The zero-order chi connectivity index (χ0) is 29.0. The summed E-state index contributed by atoms with van der Waals surface area (Å²) in [5, 5.41) is 17.0. The van der Waals surface area contributed by atoms with Gasteiger partial charge in [0.25, 0.3) is 11.6 Å². The van der Waals surface area contributed by atoms with Gasteiger partial charge in [0, 0.05) is 36.0 Å². The first-order valence-corrected chi connectivity index (χ1v) is 13.2. The number of imidazole rings is 1. The molecule has 2 heterocycles. The molecule has 0 aliphatic heterocycles. The van der Waals surface area contributed by atoms with E-state index in [0.717, 1.165) is 16.9 Å². The monoisotopic (exact) mass is 550 g/mol. The molecule has 0 radical (unpaired) electrons. The molecule has 0 aliphatic carbocycles. The van der Waals surface area contributed by atoms with Gasteiger partial charge >= 0.3 is 0 Å². The van der Waals surface area contributed by atoms with Crippen molar-refractivity contribution in [3.8, 4) is 11.6 Å². The fourth-order valence-corrected chi connectivity index (χ4v) is 4.39. The number of aromatic amines is 1. The normalized spacial score (nSPS) is 11.3. The van der Waals surface area contributed by atoms with Crippen molar-refractivity contribution in [3.05, 3.63) is 112 Å². The lowest BCUT2D eigenvalue weighted by atomic mass is 9.86. The molecule has 0 fully saturated rings. The van der Waals surface area contributed by atoms with Crippen molar-refractivity contribution in [2.24, 2.45) is 0 Å². The summed E-state index contributed by atoms with van der Waals surface area (Å²) in [5.74, 6) is 1.41. The first kappa shape index (κ1) is 27.3. The molecule has 2 aromatic heterocycles. The molecular formula is C31H30N6O4. The van der Waals surface area contributed by atoms with Crippen LogP contribution in [0.2, 0.25) is 0 Å². The Morgan fingerprint density at radius 2 is 1.80 bits per heavy atom. The Balaban J connectivity index is 1.26. The number of carbonyl (C=O) groups excluding carboxylic acids is 1. The van der Waals surface area contributed by atoms with Gasteiger partial charge in [-0.05, 0) is 53.8 Å². The van der Waals surface area contributed by atoms with Crippen LogP contribution in [0.3, 0.4) is 0 Å². The van der Waals surface area contributed by atoms with Crippen LogP contribution in [-0.4, -0.2) is 32.3 Å². The molecule has 3 aromatic carbocycles.